The molecule has 25 heteroatoms. The number of aliphatic hydroxyl groups excluding tert-OH is 2. The first kappa shape index (κ1) is 58.7. The van der Waals surface area contributed by atoms with Gasteiger partial charge in [0.25, 0.3) is 0 Å². The molecule has 8 aromatic rings. The monoisotopic (exact) mass is 1190 g/mol. The Morgan fingerprint density at radius 3 is 2.40 bits per heavy atom. The Bertz CT molecular complexity index is 3790. The number of anilines is 1. The Labute approximate surface area is 501 Å². The fraction of sp³-hybridized carbons (Fsp3) is 0.452. The number of aromatic nitrogens is 10. The van der Waals surface area contributed by atoms with Gasteiger partial charge in [0, 0.05) is 79.5 Å². The number of methoxy groups -OCH3 is 1. The van der Waals surface area contributed by atoms with E-state index in [9.17, 15) is 24.6 Å². The molecule has 6 heterocycles. The summed E-state index contributed by atoms with van der Waals surface area (Å²) in [5.41, 5.74) is 7.02. The third kappa shape index (κ3) is 12.1. The van der Waals surface area contributed by atoms with Crippen LogP contribution in [0.4, 0.5) is 15.0 Å². The van der Waals surface area contributed by atoms with Gasteiger partial charge in [0.1, 0.15) is 66.9 Å². The maximum atomic E-state index is 16.2. The zero-order valence-electron chi connectivity index (χ0n) is 49.6. The molecule has 0 bridgehead atoms. The number of hydrogen-bond donors (Lipinski definition) is 5. The maximum absolute atomic E-state index is 16.2. The van der Waals surface area contributed by atoms with E-state index in [-0.39, 0.29) is 68.4 Å². The third-order valence-electron chi connectivity index (χ3n) is 17.2. The highest BCUT2D eigenvalue weighted by Crippen LogP contribution is 2.53. The molecule has 4 aromatic heterocycles. The molecule has 0 spiro atoms. The zero-order chi connectivity index (χ0) is 60.8. The van der Waals surface area contributed by atoms with Crippen LogP contribution < -0.4 is 20.1 Å². The van der Waals surface area contributed by atoms with Gasteiger partial charge in [-0.3, -0.25) is 14.7 Å². The van der Waals surface area contributed by atoms with Crippen molar-refractivity contribution in [1.82, 2.24) is 69.9 Å². The highest BCUT2D eigenvalue weighted by Gasteiger charge is 2.44. The van der Waals surface area contributed by atoms with Gasteiger partial charge >= 0.3 is 12.1 Å². The number of ether oxygens (including phenoxy) is 4. The molecular formula is C62H72FN15O9. The van der Waals surface area contributed by atoms with Crippen molar-refractivity contribution in [2.45, 2.75) is 121 Å². The number of aromatic amines is 1. The molecule has 2 saturated heterocycles. The van der Waals surface area contributed by atoms with Crippen molar-refractivity contribution >= 4 is 45.5 Å². The second kappa shape index (κ2) is 24.6. The first-order valence-corrected chi connectivity index (χ1v) is 29.6. The number of aliphatic hydroxyl groups is 2. The summed E-state index contributed by atoms with van der Waals surface area (Å²) >= 11 is 0. The van der Waals surface area contributed by atoms with Gasteiger partial charge in [-0.2, -0.15) is 20.2 Å². The Hall–Kier alpha value is -8.65. The zero-order valence-corrected chi connectivity index (χ0v) is 49.6. The first-order chi connectivity index (χ1) is 42.0. The predicted octanol–water partition coefficient (Wildman–Crippen LogP) is 6.66. The van der Waals surface area contributed by atoms with E-state index in [1.807, 2.05) is 59.1 Å². The molecule has 12 rings (SSSR count). The fourth-order valence-corrected chi connectivity index (χ4v) is 11.8. The summed E-state index contributed by atoms with van der Waals surface area (Å²) in [5, 5.41) is 49.6. The van der Waals surface area contributed by atoms with Crippen molar-refractivity contribution in [2.24, 2.45) is 5.92 Å². The number of halogens is 1. The molecule has 4 fully saturated rings. The van der Waals surface area contributed by atoms with Crippen LogP contribution in [-0.4, -0.2) is 183 Å². The van der Waals surface area contributed by atoms with Crippen LogP contribution in [0.15, 0.2) is 85.7 Å². The molecule has 0 unspecified atom stereocenters. The second-order valence-electron chi connectivity index (χ2n) is 23.9. The second-order valence-corrected chi connectivity index (χ2v) is 23.9. The van der Waals surface area contributed by atoms with Crippen LogP contribution in [0.5, 0.6) is 11.8 Å². The van der Waals surface area contributed by atoms with E-state index >= 15 is 4.39 Å². The normalized spacial score (nSPS) is 19.7. The molecule has 3 amide bonds. The van der Waals surface area contributed by atoms with Crippen LogP contribution in [0.2, 0.25) is 0 Å². The topological polar surface area (TPSA) is 278 Å². The summed E-state index contributed by atoms with van der Waals surface area (Å²) in [7, 11) is 5.66. The van der Waals surface area contributed by atoms with Gasteiger partial charge < -0.3 is 54.5 Å². The van der Waals surface area contributed by atoms with E-state index in [2.05, 4.69) is 52.2 Å². The van der Waals surface area contributed by atoms with Gasteiger partial charge in [-0.05, 0) is 99.1 Å². The van der Waals surface area contributed by atoms with E-state index in [0.29, 0.717) is 80.6 Å². The molecule has 0 radical (unpaired) electrons. The van der Waals surface area contributed by atoms with Gasteiger partial charge in [-0.15, -0.1) is 5.10 Å². The minimum Gasteiger partial charge on any atom is -0.486 e. The molecule has 5 N–H and O–H groups in total. The van der Waals surface area contributed by atoms with Crippen LogP contribution in [-0.2, 0) is 25.7 Å². The van der Waals surface area contributed by atoms with Crippen LogP contribution in [0.1, 0.15) is 93.1 Å². The van der Waals surface area contributed by atoms with Gasteiger partial charge in [0.2, 0.25) is 11.8 Å². The lowest BCUT2D eigenvalue weighted by molar-refractivity contribution is -0.142. The summed E-state index contributed by atoms with van der Waals surface area (Å²) in [6.07, 6.45) is 8.14. The average molecular weight is 1190 g/mol. The molecule has 4 aromatic carbocycles. The molecule has 5 atom stereocenters. The number of nitrogens with one attached hydrogen (secondary N) is 3. The first-order valence-electron chi connectivity index (χ1n) is 29.6. The number of carbonyl (C=O) groups excluding carboxylic acids is 3. The summed E-state index contributed by atoms with van der Waals surface area (Å²) in [6, 6.07) is 15.9. The van der Waals surface area contributed by atoms with Crippen LogP contribution >= 0.6 is 0 Å². The van der Waals surface area contributed by atoms with E-state index in [0.717, 1.165) is 47.9 Å². The Balaban J connectivity index is 0.809. The van der Waals surface area contributed by atoms with E-state index < -0.39 is 48.5 Å². The van der Waals surface area contributed by atoms with Crippen molar-refractivity contribution in [3.63, 3.8) is 0 Å². The lowest BCUT2D eigenvalue weighted by Gasteiger charge is -2.43. The number of rotatable bonds is 22. The van der Waals surface area contributed by atoms with Gasteiger partial charge in [-0.25, -0.2) is 23.5 Å². The van der Waals surface area contributed by atoms with Crippen molar-refractivity contribution in [3.8, 4) is 39.8 Å². The Morgan fingerprint density at radius 2 is 1.71 bits per heavy atom. The predicted molar refractivity (Wildman–Crippen MR) is 318 cm³/mol. The van der Waals surface area contributed by atoms with Crippen molar-refractivity contribution in [2.75, 3.05) is 59.4 Å². The van der Waals surface area contributed by atoms with Crippen molar-refractivity contribution < 1.29 is 47.9 Å². The number of benzene rings is 4. The van der Waals surface area contributed by atoms with Crippen LogP contribution in [0, 0.1) is 18.7 Å². The van der Waals surface area contributed by atoms with E-state index in [4.69, 9.17) is 28.9 Å². The number of carbonyl (C=O) groups is 3. The fourth-order valence-electron chi connectivity index (χ4n) is 11.8. The number of amides is 3. The van der Waals surface area contributed by atoms with Crippen molar-refractivity contribution in [1.29, 1.82) is 0 Å². The highest BCUT2D eigenvalue weighted by molar-refractivity contribution is 6.06. The van der Waals surface area contributed by atoms with E-state index in [1.54, 1.807) is 66.6 Å². The largest absolute Gasteiger partial charge is 0.486 e. The quantitative estimate of drug-likeness (QED) is 0.0474. The molecule has 24 nitrogen and oxygen atoms in total. The van der Waals surface area contributed by atoms with Gasteiger partial charge in [0.15, 0.2) is 5.75 Å². The number of nitrogens with zero attached hydrogens (tertiary/aromatic N) is 12. The standard InChI is InChI=1S/C62H72FN15O9/c1-33(2)56(60(82)76-26-43(80)20-52(76)59(81)68-51(28-79)39-14-16-41(17-15-39)78-32-64-31-66-78)77-27-50(72-73-77)38-10-8-36(9-11-38)30-85-57-54(53-35(4)48(63)22-49-47(53)23-65-71-49)45(37-12-13-37)21-46-55(57)69-61(86-29-34(3)84-7)70-58(46)67-40-24-75(25-40)62(83)87-44-18-42(19-44)74(5)6/h8-11,14-17,21-23,27,31-34,37,40,42-44,51-52,56,79-80H,12-13,18-20,24-26,28-30H2,1-7H3,(H,65,71)(H,68,81)(H,67,69,70)/t34-,42?,43+,44?,51-,52-,56-/m0/s1. The van der Waals surface area contributed by atoms with E-state index in [1.165, 1.54) is 22.0 Å². The Morgan fingerprint density at radius 1 is 0.943 bits per heavy atom. The molecule has 2 aliphatic carbocycles. The number of hydrogen-bond acceptors (Lipinski definition) is 18. The SMILES string of the molecule is CO[C@@H](C)COc1nc(NC2CN(C(=O)OC3CC(N(C)C)C3)C2)c2cc(C3CC3)c(-c3c(C)c(F)cc4[nH]ncc34)c(OCc3ccc(-c4cn([C@H](C(=O)N5C[C@H](O)C[C@H]5C(=O)N[C@@H](CO)c5ccc(-n6cncn6)cc5)C(C)C)nn4)cc3)c2n1. The van der Waals surface area contributed by atoms with Gasteiger partial charge in [-0.1, -0.05) is 55.5 Å². The Kier molecular flexibility index (Phi) is 16.6. The van der Waals surface area contributed by atoms with Crippen LogP contribution in [0.3, 0.4) is 0 Å². The van der Waals surface area contributed by atoms with Gasteiger partial charge in [0.05, 0.1) is 54.5 Å². The number of H-pyrrole nitrogens is 1. The highest BCUT2D eigenvalue weighted by atomic mass is 19.1. The minimum absolute atomic E-state index is 0.0148. The number of likely N-dealkylation sites (tertiary alicyclic amines) is 2. The summed E-state index contributed by atoms with van der Waals surface area (Å²) in [6.45, 7) is 7.93. The average Bonchev–Trinajstić information content (AvgIpc) is 1.81. The molecule has 87 heavy (non-hydrogen) atoms. The maximum Gasteiger partial charge on any atom is 0.410 e. The third-order valence-corrected chi connectivity index (χ3v) is 17.2. The lowest BCUT2D eigenvalue weighted by Crippen LogP contribution is -2.58. The molecule has 2 aliphatic heterocycles. The summed E-state index contributed by atoms with van der Waals surface area (Å²) < 4.78 is 44.0. The number of β-amino-alcohol motifs (C(OH)–C–C–N with tert-alkyl or cyclic N) is 1. The van der Waals surface area contributed by atoms with Crippen molar-refractivity contribution in [3.05, 3.63) is 114 Å². The molecule has 2 saturated carbocycles. The number of fused-ring (bicyclic) bond motifs is 2. The summed E-state index contributed by atoms with van der Waals surface area (Å²) in [4.78, 5) is 61.1. The lowest BCUT2D eigenvalue weighted by atomic mass is 9.88. The molecule has 4 aliphatic rings. The summed E-state index contributed by atoms with van der Waals surface area (Å²) in [5.74, 6) is -0.605. The van der Waals surface area contributed by atoms with Crippen LogP contribution in [0.25, 0.3) is 49.9 Å². The molecule has 456 valence electrons. The minimum atomic E-state index is -1.01. The smallest absolute Gasteiger partial charge is 0.410 e. The molecular weight excluding hydrogens is 1120 g/mol.